The Hall–Kier alpha value is -0.890. The van der Waals surface area contributed by atoms with Crippen molar-refractivity contribution in [3.8, 4) is 0 Å². The van der Waals surface area contributed by atoms with Gasteiger partial charge >= 0.3 is 0 Å². The third-order valence-electron chi connectivity index (χ3n) is 2.76. The number of benzene rings is 1. The SMILES string of the molecule is C[C@H](O)[C@@H]1C[C@H]1c1ccc(F)cc1. The molecular weight excluding hydrogens is 167 g/mol. The number of halogens is 1. The molecule has 1 aromatic rings. The minimum absolute atomic E-state index is 0.196. The van der Waals surface area contributed by atoms with Gasteiger partial charge in [0.2, 0.25) is 0 Å². The number of aliphatic hydroxyl groups excluding tert-OH is 1. The van der Waals surface area contributed by atoms with Crippen LogP contribution in [0.25, 0.3) is 0 Å². The Kier molecular flexibility index (Phi) is 2.08. The minimum atomic E-state index is -0.241. The van der Waals surface area contributed by atoms with Crippen LogP contribution in [0.2, 0.25) is 0 Å². The summed E-state index contributed by atoms with van der Waals surface area (Å²) in [6, 6.07) is 6.57. The molecule has 0 bridgehead atoms. The predicted molar refractivity (Wildman–Crippen MR) is 48.9 cm³/mol. The molecule has 1 N–H and O–H groups in total. The summed E-state index contributed by atoms with van der Waals surface area (Å²) in [7, 11) is 0. The largest absolute Gasteiger partial charge is 0.393 e. The highest BCUT2D eigenvalue weighted by Gasteiger charge is 2.41. The molecule has 0 spiro atoms. The van der Waals surface area contributed by atoms with Crippen molar-refractivity contribution in [1.29, 1.82) is 0 Å². The number of hydrogen-bond acceptors (Lipinski definition) is 1. The van der Waals surface area contributed by atoms with Gasteiger partial charge in [0.25, 0.3) is 0 Å². The molecule has 0 saturated heterocycles. The van der Waals surface area contributed by atoms with Crippen LogP contribution in [0.15, 0.2) is 24.3 Å². The molecule has 0 amide bonds. The van der Waals surface area contributed by atoms with Crippen LogP contribution in [0.5, 0.6) is 0 Å². The highest BCUT2D eigenvalue weighted by atomic mass is 19.1. The lowest BCUT2D eigenvalue weighted by Crippen LogP contribution is -2.03. The summed E-state index contributed by atoms with van der Waals surface area (Å²) in [6.07, 6.45) is 0.790. The van der Waals surface area contributed by atoms with Gasteiger partial charge in [0, 0.05) is 0 Å². The Morgan fingerprint density at radius 2 is 2.00 bits per heavy atom. The highest BCUT2D eigenvalue weighted by Crippen LogP contribution is 2.49. The lowest BCUT2D eigenvalue weighted by Gasteiger charge is -2.02. The molecule has 13 heavy (non-hydrogen) atoms. The van der Waals surface area contributed by atoms with E-state index in [-0.39, 0.29) is 11.9 Å². The first-order chi connectivity index (χ1) is 6.18. The normalized spacial score (nSPS) is 28.5. The molecule has 1 saturated carbocycles. The first kappa shape index (κ1) is 8.70. The molecule has 0 radical (unpaired) electrons. The van der Waals surface area contributed by atoms with Gasteiger partial charge in [0.05, 0.1) is 6.10 Å². The average molecular weight is 180 g/mol. The van der Waals surface area contributed by atoms with Gasteiger partial charge in [-0.2, -0.15) is 0 Å². The molecule has 0 aromatic heterocycles. The summed E-state index contributed by atoms with van der Waals surface area (Å²) in [5, 5.41) is 9.30. The van der Waals surface area contributed by atoms with Crippen LogP contribution in [0.1, 0.15) is 24.8 Å². The van der Waals surface area contributed by atoms with Crippen molar-refractivity contribution in [3.63, 3.8) is 0 Å². The standard InChI is InChI=1S/C11H13FO/c1-7(13)10-6-11(10)8-2-4-9(12)5-3-8/h2-5,7,10-11,13H,6H2,1H3/t7-,10-,11-/m0/s1. The second-order valence-corrected chi connectivity index (χ2v) is 3.80. The predicted octanol–water partition coefficient (Wildman–Crippen LogP) is 2.31. The molecule has 0 unspecified atom stereocenters. The fourth-order valence-electron chi connectivity index (χ4n) is 1.84. The molecule has 1 fully saturated rings. The van der Waals surface area contributed by atoms with Crippen molar-refractivity contribution >= 4 is 0 Å². The van der Waals surface area contributed by atoms with Gasteiger partial charge in [-0.25, -0.2) is 4.39 Å². The molecule has 1 aliphatic carbocycles. The lowest BCUT2D eigenvalue weighted by molar-refractivity contribution is 0.169. The van der Waals surface area contributed by atoms with Crippen LogP contribution in [0.4, 0.5) is 4.39 Å². The van der Waals surface area contributed by atoms with E-state index in [2.05, 4.69) is 0 Å². The van der Waals surface area contributed by atoms with Crippen LogP contribution in [-0.4, -0.2) is 11.2 Å². The number of rotatable bonds is 2. The second-order valence-electron chi connectivity index (χ2n) is 3.80. The van der Waals surface area contributed by atoms with E-state index in [0.717, 1.165) is 12.0 Å². The van der Waals surface area contributed by atoms with Gasteiger partial charge in [-0.15, -0.1) is 0 Å². The third-order valence-corrected chi connectivity index (χ3v) is 2.76. The molecule has 1 aliphatic rings. The summed E-state index contributed by atoms with van der Waals surface area (Å²) in [5.74, 6) is 0.629. The highest BCUT2D eigenvalue weighted by molar-refractivity contribution is 5.26. The van der Waals surface area contributed by atoms with Gasteiger partial charge in [-0.3, -0.25) is 0 Å². The van der Waals surface area contributed by atoms with Crippen molar-refractivity contribution in [2.24, 2.45) is 5.92 Å². The Morgan fingerprint density at radius 1 is 1.38 bits per heavy atom. The van der Waals surface area contributed by atoms with E-state index in [9.17, 15) is 9.50 Å². The lowest BCUT2D eigenvalue weighted by atomic mass is 10.1. The van der Waals surface area contributed by atoms with E-state index in [1.807, 2.05) is 19.1 Å². The monoisotopic (exact) mass is 180 g/mol. The Bertz CT molecular complexity index is 291. The third kappa shape index (κ3) is 1.73. The van der Waals surface area contributed by atoms with E-state index < -0.39 is 0 Å². The zero-order chi connectivity index (χ0) is 9.42. The molecule has 0 heterocycles. The quantitative estimate of drug-likeness (QED) is 0.740. The van der Waals surface area contributed by atoms with E-state index in [4.69, 9.17) is 0 Å². The van der Waals surface area contributed by atoms with Crippen LogP contribution in [-0.2, 0) is 0 Å². The Labute approximate surface area is 77.2 Å². The molecular formula is C11H13FO. The van der Waals surface area contributed by atoms with Crippen LogP contribution < -0.4 is 0 Å². The van der Waals surface area contributed by atoms with E-state index in [0.29, 0.717) is 11.8 Å². The van der Waals surface area contributed by atoms with Crippen molar-refractivity contribution in [2.75, 3.05) is 0 Å². The summed E-state index contributed by atoms with van der Waals surface area (Å²) in [6.45, 7) is 1.81. The molecule has 1 aromatic carbocycles. The topological polar surface area (TPSA) is 20.2 Å². The minimum Gasteiger partial charge on any atom is -0.393 e. The molecule has 0 aliphatic heterocycles. The Morgan fingerprint density at radius 3 is 2.46 bits per heavy atom. The van der Waals surface area contributed by atoms with E-state index >= 15 is 0 Å². The maximum atomic E-state index is 12.6. The van der Waals surface area contributed by atoms with Gasteiger partial charge in [-0.05, 0) is 42.9 Å². The maximum absolute atomic E-state index is 12.6. The van der Waals surface area contributed by atoms with Gasteiger partial charge in [0.15, 0.2) is 0 Å². The molecule has 1 nitrogen and oxygen atoms in total. The first-order valence-electron chi connectivity index (χ1n) is 4.62. The number of aliphatic hydroxyl groups is 1. The Balaban J connectivity index is 2.08. The number of hydrogen-bond donors (Lipinski definition) is 1. The van der Waals surface area contributed by atoms with E-state index in [1.54, 1.807) is 0 Å². The molecule has 2 heteroatoms. The zero-order valence-electron chi connectivity index (χ0n) is 7.57. The molecule has 3 atom stereocenters. The van der Waals surface area contributed by atoms with Crippen molar-refractivity contribution in [2.45, 2.75) is 25.4 Å². The van der Waals surface area contributed by atoms with Gasteiger partial charge < -0.3 is 5.11 Å². The summed E-state index contributed by atoms with van der Waals surface area (Å²) < 4.78 is 12.6. The van der Waals surface area contributed by atoms with Gasteiger partial charge in [-0.1, -0.05) is 12.1 Å². The smallest absolute Gasteiger partial charge is 0.123 e. The van der Waals surface area contributed by atoms with Gasteiger partial charge in [0.1, 0.15) is 5.82 Å². The van der Waals surface area contributed by atoms with Crippen LogP contribution in [0.3, 0.4) is 0 Å². The van der Waals surface area contributed by atoms with E-state index in [1.165, 1.54) is 12.1 Å². The first-order valence-corrected chi connectivity index (χ1v) is 4.62. The molecule has 2 rings (SSSR count). The van der Waals surface area contributed by atoms with Crippen LogP contribution in [0, 0.1) is 11.7 Å². The van der Waals surface area contributed by atoms with Crippen molar-refractivity contribution in [3.05, 3.63) is 35.6 Å². The summed E-state index contributed by atoms with van der Waals surface area (Å²) in [5.41, 5.74) is 1.15. The average Bonchev–Trinajstić information content (AvgIpc) is 2.85. The van der Waals surface area contributed by atoms with Crippen molar-refractivity contribution in [1.82, 2.24) is 0 Å². The fraction of sp³-hybridized carbons (Fsp3) is 0.455. The summed E-state index contributed by atoms with van der Waals surface area (Å²) >= 11 is 0. The maximum Gasteiger partial charge on any atom is 0.123 e. The van der Waals surface area contributed by atoms with Crippen molar-refractivity contribution < 1.29 is 9.50 Å². The van der Waals surface area contributed by atoms with Crippen LogP contribution >= 0.6 is 0 Å². The summed E-state index contributed by atoms with van der Waals surface area (Å²) in [4.78, 5) is 0. The second kappa shape index (κ2) is 3.11. The molecule has 70 valence electrons. The fourth-order valence-corrected chi connectivity index (χ4v) is 1.84. The zero-order valence-corrected chi connectivity index (χ0v) is 7.57.